The van der Waals surface area contributed by atoms with Crippen LogP contribution >= 0.6 is 0 Å². The van der Waals surface area contributed by atoms with E-state index in [1.54, 1.807) is 31.2 Å². The minimum Gasteiger partial charge on any atom is -0.484 e. The third kappa shape index (κ3) is 4.29. The number of rotatable bonds is 6. The average molecular weight is 325 g/mol. The van der Waals surface area contributed by atoms with Gasteiger partial charge in [-0.15, -0.1) is 5.10 Å². The molecule has 0 aliphatic heterocycles. The number of carbonyl (C=O) groups excluding carboxylic acids is 1. The first-order valence-corrected chi connectivity index (χ1v) is 8.26. The van der Waals surface area contributed by atoms with E-state index in [0.717, 1.165) is 6.26 Å². The molecule has 22 heavy (non-hydrogen) atoms. The first-order valence-electron chi connectivity index (χ1n) is 6.37. The third-order valence-electron chi connectivity index (χ3n) is 2.60. The molecule has 1 N–H and O–H groups in total. The molecule has 2 aromatic rings. The Balaban J connectivity index is 1.90. The molecule has 0 saturated carbocycles. The molecule has 0 aliphatic rings. The van der Waals surface area contributed by atoms with Gasteiger partial charge in [-0.3, -0.25) is 4.79 Å². The van der Waals surface area contributed by atoms with Gasteiger partial charge in [-0.1, -0.05) is 23.3 Å². The zero-order chi connectivity index (χ0) is 16.2. The Morgan fingerprint density at radius 2 is 2.00 bits per heavy atom. The van der Waals surface area contributed by atoms with Crippen molar-refractivity contribution in [3.05, 3.63) is 36.2 Å². The molecule has 8 nitrogen and oxygen atoms in total. The number of nitrogens with zero attached hydrogens (tertiary/aromatic N) is 2. The molecule has 0 fully saturated rings. The lowest BCUT2D eigenvalue weighted by molar-refractivity contribution is -0.123. The molecule has 1 amide bonds. The van der Waals surface area contributed by atoms with Crippen LogP contribution in [0.4, 0.5) is 0 Å². The van der Waals surface area contributed by atoms with Crippen molar-refractivity contribution in [2.24, 2.45) is 0 Å². The summed E-state index contributed by atoms with van der Waals surface area (Å²) in [5, 5.41) is 9.12. The summed E-state index contributed by atoms with van der Waals surface area (Å²) in [6.07, 6.45) is 0.960. The number of aromatic nitrogens is 2. The fourth-order valence-corrected chi connectivity index (χ4v) is 1.98. The number of nitrogens with one attached hydrogen (secondary N) is 1. The van der Waals surface area contributed by atoms with Gasteiger partial charge in [0.05, 0.1) is 0 Å². The summed E-state index contributed by atoms with van der Waals surface area (Å²) in [6.45, 7) is 1.42. The van der Waals surface area contributed by atoms with Crippen LogP contribution in [0, 0.1) is 0 Å². The van der Waals surface area contributed by atoms with E-state index in [0.29, 0.717) is 5.75 Å². The largest absolute Gasteiger partial charge is 0.484 e. The molecule has 118 valence electrons. The summed E-state index contributed by atoms with van der Waals surface area (Å²) >= 11 is 0. The number of sulfone groups is 1. The molecule has 1 aromatic heterocycles. The van der Waals surface area contributed by atoms with Crippen molar-refractivity contribution in [2.45, 2.75) is 18.2 Å². The van der Waals surface area contributed by atoms with Crippen molar-refractivity contribution >= 4 is 15.7 Å². The number of carbonyl (C=O) groups is 1. The number of benzene rings is 1. The van der Waals surface area contributed by atoms with Gasteiger partial charge in [0.1, 0.15) is 11.8 Å². The zero-order valence-corrected chi connectivity index (χ0v) is 12.8. The van der Waals surface area contributed by atoms with Crippen LogP contribution in [0.3, 0.4) is 0 Å². The van der Waals surface area contributed by atoms with Gasteiger partial charge < -0.3 is 14.5 Å². The average Bonchev–Trinajstić information content (AvgIpc) is 2.96. The van der Waals surface area contributed by atoms with Gasteiger partial charge >= 0.3 is 5.22 Å². The fraction of sp³-hybridized carbons (Fsp3) is 0.308. The van der Waals surface area contributed by atoms with Crippen LogP contribution < -0.4 is 10.1 Å². The highest BCUT2D eigenvalue weighted by Crippen LogP contribution is 2.14. The summed E-state index contributed by atoms with van der Waals surface area (Å²) in [4.78, 5) is 11.8. The van der Waals surface area contributed by atoms with E-state index >= 15 is 0 Å². The topological polar surface area (TPSA) is 111 Å². The van der Waals surface area contributed by atoms with E-state index in [-0.39, 0.29) is 12.5 Å². The lowest BCUT2D eigenvalue weighted by Crippen LogP contribution is -2.31. The molecule has 1 aromatic carbocycles. The highest BCUT2D eigenvalue weighted by atomic mass is 32.2. The first kappa shape index (κ1) is 16.0. The van der Waals surface area contributed by atoms with Gasteiger partial charge in [0.2, 0.25) is 15.7 Å². The normalized spacial score (nSPS) is 12.6. The monoisotopic (exact) mass is 325 g/mol. The molecular weight excluding hydrogens is 310 g/mol. The molecule has 1 heterocycles. The standard InChI is InChI=1S/C13H15N3O5S/c1-9(12-15-16-13(21-12)22(2,18)19)14-11(17)8-20-10-6-4-3-5-7-10/h3-7,9H,8H2,1-2H3,(H,14,17)/t9-/m0/s1. The van der Waals surface area contributed by atoms with Crippen molar-refractivity contribution in [1.82, 2.24) is 15.5 Å². The van der Waals surface area contributed by atoms with Gasteiger partial charge in [0.25, 0.3) is 5.91 Å². The van der Waals surface area contributed by atoms with E-state index < -0.39 is 27.0 Å². The number of hydrogen-bond donors (Lipinski definition) is 1. The van der Waals surface area contributed by atoms with Gasteiger partial charge in [-0.2, -0.15) is 0 Å². The molecule has 9 heteroatoms. The number of hydrogen-bond acceptors (Lipinski definition) is 7. The van der Waals surface area contributed by atoms with Crippen LogP contribution in [0.25, 0.3) is 0 Å². The number of amides is 1. The third-order valence-corrected chi connectivity index (χ3v) is 3.40. The van der Waals surface area contributed by atoms with E-state index in [2.05, 4.69) is 15.5 Å². The summed E-state index contributed by atoms with van der Waals surface area (Å²) in [5.41, 5.74) is 0. The molecule has 0 bridgehead atoms. The van der Waals surface area contributed by atoms with E-state index in [1.807, 2.05) is 6.07 Å². The van der Waals surface area contributed by atoms with Crippen molar-refractivity contribution in [3.63, 3.8) is 0 Å². The predicted octanol–water partition coefficient (Wildman–Crippen LogP) is 0.729. The highest BCUT2D eigenvalue weighted by Gasteiger charge is 2.21. The van der Waals surface area contributed by atoms with Crippen LogP contribution in [0.15, 0.2) is 40.0 Å². The lowest BCUT2D eigenvalue weighted by Gasteiger charge is -2.10. The van der Waals surface area contributed by atoms with Crippen molar-refractivity contribution in [1.29, 1.82) is 0 Å². The fourth-order valence-electron chi connectivity index (χ4n) is 1.56. The second kappa shape index (κ2) is 6.56. The molecule has 0 unspecified atom stereocenters. The Morgan fingerprint density at radius 3 is 2.59 bits per heavy atom. The van der Waals surface area contributed by atoms with Gasteiger partial charge in [-0.05, 0) is 19.1 Å². The summed E-state index contributed by atoms with van der Waals surface area (Å²) < 4.78 is 32.8. The van der Waals surface area contributed by atoms with E-state index in [4.69, 9.17) is 9.15 Å². The van der Waals surface area contributed by atoms with E-state index in [9.17, 15) is 13.2 Å². The van der Waals surface area contributed by atoms with Gasteiger partial charge in [-0.25, -0.2) is 8.42 Å². The minimum atomic E-state index is -3.57. The molecule has 0 spiro atoms. The summed E-state index contributed by atoms with van der Waals surface area (Å²) in [7, 11) is -3.57. The van der Waals surface area contributed by atoms with Crippen LogP contribution in [0.2, 0.25) is 0 Å². The number of para-hydroxylation sites is 1. The Morgan fingerprint density at radius 1 is 1.32 bits per heavy atom. The predicted molar refractivity (Wildman–Crippen MR) is 75.9 cm³/mol. The molecule has 0 aliphatic carbocycles. The van der Waals surface area contributed by atoms with Crippen molar-refractivity contribution < 1.29 is 22.4 Å². The Kier molecular flexibility index (Phi) is 4.76. The Hall–Kier alpha value is -2.42. The Bertz CT molecular complexity index is 742. The van der Waals surface area contributed by atoms with Crippen molar-refractivity contribution in [2.75, 3.05) is 12.9 Å². The Labute approximate surface area is 127 Å². The minimum absolute atomic E-state index is 0.00786. The smallest absolute Gasteiger partial charge is 0.335 e. The van der Waals surface area contributed by atoms with E-state index in [1.165, 1.54) is 0 Å². The molecule has 0 saturated heterocycles. The van der Waals surface area contributed by atoms with Crippen LogP contribution in [0.1, 0.15) is 18.9 Å². The molecule has 2 rings (SSSR count). The lowest BCUT2D eigenvalue weighted by atomic mass is 10.3. The maximum absolute atomic E-state index is 11.8. The van der Waals surface area contributed by atoms with Crippen LogP contribution in [0.5, 0.6) is 5.75 Å². The highest BCUT2D eigenvalue weighted by molar-refractivity contribution is 7.90. The SMILES string of the molecule is C[C@H](NC(=O)COc1ccccc1)c1nnc(S(C)(=O)=O)o1. The zero-order valence-electron chi connectivity index (χ0n) is 12.0. The molecule has 1 atom stereocenters. The maximum atomic E-state index is 11.8. The summed E-state index contributed by atoms with van der Waals surface area (Å²) in [6, 6.07) is 8.25. The first-order chi connectivity index (χ1) is 10.4. The van der Waals surface area contributed by atoms with Gasteiger partial charge in [0.15, 0.2) is 6.61 Å². The summed E-state index contributed by atoms with van der Waals surface area (Å²) in [5.74, 6) is 0.186. The number of ether oxygens (including phenoxy) is 1. The van der Waals surface area contributed by atoms with Gasteiger partial charge in [0, 0.05) is 6.26 Å². The second-order valence-corrected chi connectivity index (χ2v) is 6.46. The van der Waals surface area contributed by atoms with Crippen LogP contribution in [-0.4, -0.2) is 37.4 Å². The maximum Gasteiger partial charge on any atom is 0.335 e. The van der Waals surface area contributed by atoms with Crippen molar-refractivity contribution in [3.8, 4) is 5.75 Å². The quantitative estimate of drug-likeness (QED) is 0.833. The molecular formula is C13H15N3O5S. The molecule has 0 radical (unpaired) electrons. The van der Waals surface area contributed by atoms with Crippen LogP contribution in [-0.2, 0) is 14.6 Å². The second-order valence-electron chi connectivity index (χ2n) is 4.57.